The molecule has 0 aliphatic carbocycles. The summed E-state index contributed by atoms with van der Waals surface area (Å²) in [5.41, 5.74) is 3.66. The van der Waals surface area contributed by atoms with Gasteiger partial charge in [0.05, 0.1) is 5.69 Å². The monoisotopic (exact) mass is 288 g/mol. The summed E-state index contributed by atoms with van der Waals surface area (Å²) in [4.78, 5) is 4.00. The van der Waals surface area contributed by atoms with Crippen molar-refractivity contribution in [3.05, 3.63) is 42.0 Å². The highest BCUT2D eigenvalue weighted by molar-refractivity contribution is 7.99. The molecule has 4 nitrogen and oxygen atoms in total. The van der Waals surface area contributed by atoms with Crippen molar-refractivity contribution < 1.29 is 0 Å². The molecule has 2 heterocycles. The second-order valence-electron chi connectivity index (χ2n) is 5.26. The summed E-state index contributed by atoms with van der Waals surface area (Å²) < 4.78 is 1.81. The zero-order valence-corrected chi connectivity index (χ0v) is 12.6. The number of rotatable bonds is 4. The molecule has 1 aliphatic rings. The molecule has 106 valence electrons. The van der Waals surface area contributed by atoms with Crippen LogP contribution in [0.2, 0.25) is 0 Å². The SMILES string of the molecule is Cc1cc(CNC2CCCSC2)ccc1-n1cncn1. The summed E-state index contributed by atoms with van der Waals surface area (Å²) in [5, 5.41) is 7.85. The lowest BCUT2D eigenvalue weighted by Crippen LogP contribution is -2.33. The van der Waals surface area contributed by atoms with Gasteiger partial charge in [0.1, 0.15) is 12.7 Å². The van der Waals surface area contributed by atoms with Crippen LogP contribution >= 0.6 is 11.8 Å². The number of aryl methyl sites for hydroxylation is 1. The maximum atomic E-state index is 4.18. The molecule has 1 atom stereocenters. The third-order valence-corrected chi connectivity index (χ3v) is 4.90. The molecule has 1 saturated heterocycles. The molecule has 5 heteroatoms. The molecule has 1 aromatic heterocycles. The number of hydrogen-bond acceptors (Lipinski definition) is 4. The first-order chi connectivity index (χ1) is 9.83. The van der Waals surface area contributed by atoms with Crippen LogP contribution in [-0.4, -0.2) is 32.3 Å². The van der Waals surface area contributed by atoms with Gasteiger partial charge in [-0.05, 0) is 42.7 Å². The van der Waals surface area contributed by atoms with Gasteiger partial charge >= 0.3 is 0 Å². The van der Waals surface area contributed by atoms with Gasteiger partial charge in [-0.3, -0.25) is 0 Å². The highest BCUT2D eigenvalue weighted by Crippen LogP contribution is 2.18. The van der Waals surface area contributed by atoms with E-state index in [0.717, 1.165) is 12.2 Å². The van der Waals surface area contributed by atoms with Crippen molar-refractivity contribution in [2.75, 3.05) is 11.5 Å². The Kier molecular flexibility index (Phi) is 4.38. The Labute approximate surface area is 124 Å². The van der Waals surface area contributed by atoms with Crippen LogP contribution in [0.1, 0.15) is 24.0 Å². The third kappa shape index (κ3) is 3.22. The number of nitrogens with one attached hydrogen (secondary N) is 1. The minimum atomic E-state index is 0.670. The van der Waals surface area contributed by atoms with Crippen molar-refractivity contribution in [3.8, 4) is 5.69 Å². The molecule has 1 N–H and O–H groups in total. The van der Waals surface area contributed by atoms with Gasteiger partial charge in [0.15, 0.2) is 0 Å². The molecular weight excluding hydrogens is 268 g/mol. The number of thioether (sulfide) groups is 1. The molecule has 1 unspecified atom stereocenters. The smallest absolute Gasteiger partial charge is 0.138 e. The van der Waals surface area contributed by atoms with Crippen LogP contribution in [0.25, 0.3) is 5.69 Å². The van der Waals surface area contributed by atoms with Crippen molar-refractivity contribution in [1.82, 2.24) is 20.1 Å². The molecule has 1 fully saturated rings. The molecule has 0 amide bonds. The topological polar surface area (TPSA) is 42.7 Å². The highest BCUT2D eigenvalue weighted by Gasteiger charge is 2.13. The molecule has 2 aromatic rings. The van der Waals surface area contributed by atoms with E-state index in [1.54, 1.807) is 12.7 Å². The van der Waals surface area contributed by atoms with Crippen LogP contribution in [0.5, 0.6) is 0 Å². The number of hydrogen-bond donors (Lipinski definition) is 1. The number of aromatic nitrogens is 3. The van der Waals surface area contributed by atoms with E-state index in [9.17, 15) is 0 Å². The van der Waals surface area contributed by atoms with E-state index in [0.29, 0.717) is 6.04 Å². The third-order valence-electron chi connectivity index (χ3n) is 3.68. The van der Waals surface area contributed by atoms with Crippen molar-refractivity contribution in [3.63, 3.8) is 0 Å². The summed E-state index contributed by atoms with van der Waals surface area (Å²) >= 11 is 2.06. The quantitative estimate of drug-likeness (QED) is 0.939. The molecule has 1 aromatic carbocycles. The second kappa shape index (κ2) is 6.41. The van der Waals surface area contributed by atoms with Crippen LogP contribution in [0.4, 0.5) is 0 Å². The maximum Gasteiger partial charge on any atom is 0.138 e. The van der Waals surface area contributed by atoms with Crippen LogP contribution in [0.3, 0.4) is 0 Å². The van der Waals surface area contributed by atoms with E-state index in [1.807, 2.05) is 4.68 Å². The van der Waals surface area contributed by atoms with E-state index in [1.165, 1.54) is 35.5 Å². The summed E-state index contributed by atoms with van der Waals surface area (Å²) in [6.45, 7) is 3.07. The van der Waals surface area contributed by atoms with Gasteiger partial charge in [-0.15, -0.1) is 0 Å². The van der Waals surface area contributed by atoms with Gasteiger partial charge in [0.25, 0.3) is 0 Å². The van der Waals surface area contributed by atoms with Gasteiger partial charge in [0, 0.05) is 18.3 Å². The number of benzene rings is 1. The second-order valence-corrected chi connectivity index (χ2v) is 6.41. The summed E-state index contributed by atoms with van der Waals surface area (Å²) in [6.07, 6.45) is 5.95. The fourth-order valence-electron chi connectivity index (χ4n) is 2.58. The van der Waals surface area contributed by atoms with Gasteiger partial charge < -0.3 is 5.32 Å². The molecule has 3 rings (SSSR count). The van der Waals surface area contributed by atoms with Crippen LogP contribution in [-0.2, 0) is 6.54 Å². The zero-order chi connectivity index (χ0) is 13.8. The summed E-state index contributed by atoms with van der Waals surface area (Å²) in [6, 6.07) is 7.20. The summed E-state index contributed by atoms with van der Waals surface area (Å²) in [7, 11) is 0. The van der Waals surface area contributed by atoms with E-state index in [4.69, 9.17) is 0 Å². The van der Waals surface area contributed by atoms with Crippen molar-refractivity contribution in [1.29, 1.82) is 0 Å². The predicted molar refractivity (Wildman–Crippen MR) is 83.3 cm³/mol. The lowest BCUT2D eigenvalue weighted by Gasteiger charge is -2.22. The van der Waals surface area contributed by atoms with Gasteiger partial charge in [-0.25, -0.2) is 9.67 Å². The summed E-state index contributed by atoms with van der Waals surface area (Å²) in [5.74, 6) is 2.57. The van der Waals surface area contributed by atoms with E-state index in [2.05, 4.69) is 52.3 Å². The van der Waals surface area contributed by atoms with Crippen LogP contribution < -0.4 is 5.32 Å². The van der Waals surface area contributed by atoms with E-state index < -0.39 is 0 Å². The molecule has 20 heavy (non-hydrogen) atoms. The van der Waals surface area contributed by atoms with Crippen molar-refractivity contribution >= 4 is 11.8 Å². The minimum Gasteiger partial charge on any atom is -0.309 e. The van der Waals surface area contributed by atoms with Crippen LogP contribution in [0.15, 0.2) is 30.9 Å². The predicted octanol–water partition coefficient (Wildman–Crippen LogP) is 2.56. The Morgan fingerprint density at radius 2 is 2.40 bits per heavy atom. The fraction of sp³-hybridized carbons (Fsp3) is 0.467. The Morgan fingerprint density at radius 3 is 3.10 bits per heavy atom. The first-order valence-electron chi connectivity index (χ1n) is 7.08. The maximum absolute atomic E-state index is 4.18. The van der Waals surface area contributed by atoms with Gasteiger partial charge in [-0.1, -0.05) is 12.1 Å². The first-order valence-corrected chi connectivity index (χ1v) is 8.24. The molecule has 1 aliphatic heterocycles. The van der Waals surface area contributed by atoms with E-state index in [-0.39, 0.29) is 0 Å². The Bertz CT molecular complexity index is 547. The Balaban J connectivity index is 1.64. The molecular formula is C15H20N4S. The lowest BCUT2D eigenvalue weighted by atomic mass is 10.1. The standard InChI is InChI=1S/C15H20N4S/c1-12-7-13(8-17-14-3-2-6-20-9-14)4-5-15(12)19-11-16-10-18-19/h4-5,7,10-11,14,17H,2-3,6,8-9H2,1H3. The van der Waals surface area contributed by atoms with Gasteiger partial charge in [-0.2, -0.15) is 16.9 Å². The molecule has 0 radical (unpaired) electrons. The molecule has 0 bridgehead atoms. The molecule has 0 saturated carbocycles. The minimum absolute atomic E-state index is 0.670. The van der Waals surface area contributed by atoms with E-state index >= 15 is 0 Å². The largest absolute Gasteiger partial charge is 0.309 e. The average Bonchev–Trinajstić information content (AvgIpc) is 3.00. The fourth-order valence-corrected chi connectivity index (χ4v) is 3.69. The Morgan fingerprint density at radius 1 is 1.45 bits per heavy atom. The average molecular weight is 288 g/mol. The Hall–Kier alpha value is -1.33. The van der Waals surface area contributed by atoms with Crippen molar-refractivity contribution in [2.24, 2.45) is 0 Å². The zero-order valence-electron chi connectivity index (χ0n) is 11.7. The molecule has 0 spiro atoms. The van der Waals surface area contributed by atoms with Crippen molar-refractivity contribution in [2.45, 2.75) is 32.4 Å². The number of nitrogens with zero attached hydrogens (tertiary/aromatic N) is 3. The normalized spacial score (nSPS) is 19.1. The van der Waals surface area contributed by atoms with Crippen LogP contribution in [0, 0.1) is 6.92 Å². The van der Waals surface area contributed by atoms with Gasteiger partial charge in [0.2, 0.25) is 0 Å². The first kappa shape index (κ1) is 13.6. The highest BCUT2D eigenvalue weighted by atomic mass is 32.2. The lowest BCUT2D eigenvalue weighted by molar-refractivity contribution is 0.507.